The van der Waals surface area contributed by atoms with Gasteiger partial charge < -0.3 is 10.6 Å². The number of halogens is 1. The largest absolute Gasteiger partial charge is 0.355 e. The molecule has 2 aliphatic rings. The van der Waals surface area contributed by atoms with Gasteiger partial charge in [-0.25, -0.2) is 5.10 Å². The highest BCUT2D eigenvalue weighted by Gasteiger charge is 2.20. The molecule has 3 N–H and O–H groups in total. The normalized spacial score (nSPS) is 17.9. The van der Waals surface area contributed by atoms with Crippen LogP contribution in [0.4, 0.5) is 0 Å². The summed E-state index contributed by atoms with van der Waals surface area (Å²) in [4.78, 5) is 24.0. The van der Waals surface area contributed by atoms with Gasteiger partial charge in [0.25, 0.3) is 5.56 Å². The van der Waals surface area contributed by atoms with E-state index in [9.17, 15) is 9.59 Å². The molecule has 0 aromatic carbocycles. The van der Waals surface area contributed by atoms with Crippen LogP contribution in [-0.2, 0) is 24.1 Å². The number of rotatable bonds is 4. The van der Waals surface area contributed by atoms with Gasteiger partial charge in [-0.05, 0) is 63.1 Å². The second-order valence-corrected chi connectivity index (χ2v) is 6.34. The Hall–Kier alpha value is -1.40. The van der Waals surface area contributed by atoms with E-state index in [1.807, 2.05) is 0 Å². The summed E-state index contributed by atoms with van der Waals surface area (Å²) in [6.45, 7) is 2.82. The Balaban J connectivity index is 0.00000192. The summed E-state index contributed by atoms with van der Waals surface area (Å²) in [5.74, 6) is 0.577. The number of carbonyl (C=O) groups excluding carboxylic acids is 1. The summed E-state index contributed by atoms with van der Waals surface area (Å²) in [5, 5.41) is 13.0. The Morgan fingerprint density at radius 3 is 2.61 bits per heavy atom. The Bertz CT molecular complexity index is 596. The highest BCUT2D eigenvalue weighted by Crippen LogP contribution is 2.20. The van der Waals surface area contributed by atoms with Crippen LogP contribution in [-0.4, -0.2) is 35.7 Å². The maximum atomic E-state index is 12.2. The number of hydrogen-bond acceptors (Lipinski definition) is 4. The first kappa shape index (κ1) is 17.9. The van der Waals surface area contributed by atoms with E-state index in [4.69, 9.17) is 0 Å². The molecule has 1 aliphatic carbocycles. The maximum absolute atomic E-state index is 12.2. The third kappa shape index (κ3) is 4.54. The monoisotopic (exact) mass is 340 g/mol. The van der Waals surface area contributed by atoms with Gasteiger partial charge in [0.15, 0.2) is 0 Å². The van der Waals surface area contributed by atoms with Gasteiger partial charge in [-0.2, -0.15) is 5.10 Å². The first-order valence-electron chi connectivity index (χ1n) is 8.31. The van der Waals surface area contributed by atoms with Gasteiger partial charge in [0.2, 0.25) is 5.91 Å². The summed E-state index contributed by atoms with van der Waals surface area (Å²) in [6.07, 6.45) is 6.28. The van der Waals surface area contributed by atoms with Gasteiger partial charge in [-0.3, -0.25) is 9.59 Å². The number of carbonyl (C=O) groups is 1. The Morgan fingerprint density at radius 1 is 1.17 bits per heavy atom. The van der Waals surface area contributed by atoms with Crippen LogP contribution in [0.15, 0.2) is 4.79 Å². The molecule has 1 amide bonds. The minimum Gasteiger partial charge on any atom is -0.355 e. The van der Waals surface area contributed by atoms with Crippen LogP contribution < -0.4 is 16.2 Å². The first-order valence-corrected chi connectivity index (χ1v) is 8.31. The SMILES string of the molecule is Cl.O=C(Cc1n[nH]c(=O)c2c1CCCC2)NCC1CCNCC1. The zero-order valence-corrected chi connectivity index (χ0v) is 14.1. The van der Waals surface area contributed by atoms with Gasteiger partial charge in [0.05, 0.1) is 12.1 Å². The molecule has 0 saturated carbocycles. The van der Waals surface area contributed by atoms with E-state index in [1.54, 1.807) is 0 Å². The highest BCUT2D eigenvalue weighted by atomic mass is 35.5. The maximum Gasteiger partial charge on any atom is 0.267 e. The fourth-order valence-electron chi connectivity index (χ4n) is 3.43. The van der Waals surface area contributed by atoms with E-state index in [1.165, 1.54) is 0 Å². The summed E-state index contributed by atoms with van der Waals surface area (Å²) < 4.78 is 0. The summed E-state index contributed by atoms with van der Waals surface area (Å²) in [5.41, 5.74) is 2.50. The first-order chi connectivity index (χ1) is 10.7. The quantitative estimate of drug-likeness (QED) is 0.754. The summed E-state index contributed by atoms with van der Waals surface area (Å²) >= 11 is 0. The standard InChI is InChI=1S/C16H24N4O2.ClH/c21-15(18-10-11-5-7-17-8-6-11)9-14-12-3-1-2-4-13(12)16(22)20-19-14;/h11,17H,1-10H2,(H,18,21)(H,20,22);1H. The zero-order valence-electron chi connectivity index (χ0n) is 13.3. The molecule has 0 unspecified atom stereocenters. The van der Waals surface area contributed by atoms with Crippen molar-refractivity contribution in [2.24, 2.45) is 5.92 Å². The molecule has 0 atom stereocenters. The lowest BCUT2D eigenvalue weighted by Gasteiger charge is -2.23. The molecule has 1 aliphatic heterocycles. The van der Waals surface area contributed by atoms with Crippen molar-refractivity contribution in [3.63, 3.8) is 0 Å². The molecule has 23 heavy (non-hydrogen) atoms. The number of fused-ring (bicyclic) bond motifs is 1. The van der Waals surface area contributed by atoms with Crippen molar-refractivity contribution in [1.82, 2.24) is 20.8 Å². The van der Waals surface area contributed by atoms with E-state index in [2.05, 4.69) is 20.8 Å². The van der Waals surface area contributed by atoms with Gasteiger partial charge in [0, 0.05) is 12.1 Å². The van der Waals surface area contributed by atoms with Crippen molar-refractivity contribution in [1.29, 1.82) is 0 Å². The lowest BCUT2D eigenvalue weighted by molar-refractivity contribution is -0.120. The van der Waals surface area contributed by atoms with Gasteiger partial charge in [-0.1, -0.05) is 0 Å². The third-order valence-electron chi connectivity index (χ3n) is 4.76. The molecule has 1 fully saturated rings. The molecule has 128 valence electrons. The molecule has 1 saturated heterocycles. The second kappa shape index (κ2) is 8.45. The van der Waals surface area contributed by atoms with Crippen molar-refractivity contribution in [2.45, 2.75) is 44.9 Å². The molecule has 0 bridgehead atoms. The molecule has 3 rings (SSSR count). The molecule has 0 spiro atoms. The summed E-state index contributed by atoms with van der Waals surface area (Å²) in [6, 6.07) is 0. The Morgan fingerprint density at radius 2 is 1.87 bits per heavy atom. The lowest BCUT2D eigenvalue weighted by atomic mass is 9.91. The van der Waals surface area contributed by atoms with E-state index < -0.39 is 0 Å². The smallest absolute Gasteiger partial charge is 0.267 e. The zero-order chi connectivity index (χ0) is 15.4. The van der Waals surface area contributed by atoms with Crippen LogP contribution in [0.25, 0.3) is 0 Å². The average Bonchev–Trinajstić information content (AvgIpc) is 2.57. The fourth-order valence-corrected chi connectivity index (χ4v) is 3.43. The average molecular weight is 341 g/mol. The van der Waals surface area contributed by atoms with Crippen LogP contribution in [0.2, 0.25) is 0 Å². The molecule has 7 heteroatoms. The van der Waals surface area contributed by atoms with Gasteiger partial charge in [-0.15, -0.1) is 12.4 Å². The van der Waals surface area contributed by atoms with E-state index in [-0.39, 0.29) is 30.3 Å². The van der Waals surface area contributed by atoms with Crippen molar-refractivity contribution in [2.75, 3.05) is 19.6 Å². The lowest BCUT2D eigenvalue weighted by Crippen LogP contribution is -2.37. The highest BCUT2D eigenvalue weighted by molar-refractivity contribution is 5.85. The van der Waals surface area contributed by atoms with E-state index in [0.29, 0.717) is 5.92 Å². The van der Waals surface area contributed by atoms with E-state index in [0.717, 1.165) is 75.0 Å². The Labute approximate surface area is 142 Å². The molecular weight excluding hydrogens is 316 g/mol. The number of H-pyrrole nitrogens is 1. The number of hydrogen-bond donors (Lipinski definition) is 3. The van der Waals surface area contributed by atoms with Gasteiger partial charge in [0.1, 0.15) is 0 Å². The third-order valence-corrected chi connectivity index (χ3v) is 4.76. The second-order valence-electron chi connectivity index (χ2n) is 6.34. The fraction of sp³-hybridized carbons (Fsp3) is 0.688. The number of piperidine rings is 1. The van der Waals surface area contributed by atoms with Crippen LogP contribution in [0.1, 0.15) is 42.5 Å². The van der Waals surface area contributed by atoms with Crippen molar-refractivity contribution < 1.29 is 4.79 Å². The molecule has 1 aromatic rings. The summed E-state index contributed by atoms with van der Waals surface area (Å²) in [7, 11) is 0. The predicted octanol–water partition coefficient (Wildman–Crippen LogP) is 0.729. The molecule has 6 nitrogen and oxygen atoms in total. The molecular formula is C16H25ClN4O2. The number of nitrogens with one attached hydrogen (secondary N) is 3. The molecule has 1 aromatic heterocycles. The molecule has 2 heterocycles. The van der Waals surface area contributed by atoms with Crippen LogP contribution in [0, 0.1) is 5.92 Å². The molecule has 0 radical (unpaired) electrons. The predicted molar refractivity (Wildman–Crippen MR) is 91.1 cm³/mol. The number of aromatic nitrogens is 2. The van der Waals surface area contributed by atoms with Crippen LogP contribution >= 0.6 is 12.4 Å². The number of amides is 1. The van der Waals surface area contributed by atoms with Crippen LogP contribution in [0.3, 0.4) is 0 Å². The van der Waals surface area contributed by atoms with E-state index >= 15 is 0 Å². The topological polar surface area (TPSA) is 86.9 Å². The minimum absolute atomic E-state index is 0. The number of aromatic amines is 1. The van der Waals surface area contributed by atoms with Crippen molar-refractivity contribution in [3.8, 4) is 0 Å². The minimum atomic E-state index is -0.0893. The van der Waals surface area contributed by atoms with Crippen molar-refractivity contribution >= 4 is 18.3 Å². The van der Waals surface area contributed by atoms with Crippen LogP contribution in [0.5, 0.6) is 0 Å². The van der Waals surface area contributed by atoms with Gasteiger partial charge >= 0.3 is 0 Å². The van der Waals surface area contributed by atoms with Crippen molar-refractivity contribution in [3.05, 3.63) is 27.2 Å². The number of nitrogens with zero attached hydrogens (tertiary/aromatic N) is 1. The Kier molecular flexibility index (Phi) is 6.59.